The van der Waals surface area contributed by atoms with Crippen molar-refractivity contribution in [3.63, 3.8) is 0 Å². The molecule has 2 unspecified atom stereocenters. The molecule has 2 fully saturated rings. The van der Waals surface area contributed by atoms with Crippen molar-refractivity contribution in [2.75, 3.05) is 24.5 Å². The standard InChI is InChI=1S/C19H24N2/c1-2-16-13-20-12-6-9-17(20)14-21(16)19-11-5-8-15-7-3-4-10-18(15)19/h3-5,7-8,10-11,16-17H,2,6,9,12-14H2,1H3. The number of hydrogen-bond acceptors (Lipinski definition) is 2. The third-order valence-corrected chi connectivity index (χ3v) is 5.34. The molecule has 0 spiro atoms. The Bertz CT molecular complexity index is 631. The third kappa shape index (κ3) is 2.22. The second-order valence-corrected chi connectivity index (χ2v) is 6.50. The minimum atomic E-state index is 0.658. The van der Waals surface area contributed by atoms with Gasteiger partial charge in [-0.15, -0.1) is 0 Å². The van der Waals surface area contributed by atoms with E-state index >= 15 is 0 Å². The summed E-state index contributed by atoms with van der Waals surface area (Å²) < 4.78 is 0. The molecular formula is C19H24N2. The lowest BCUT2D eigenvalue weighted by molar-refractivity contribution is 0.195. The number of anilines is 1. The van der Waals surface area contributed by atoms with Crippen molar-refractivity contribution >= 4 is 16.5 Å². The highest BCUT2D eigenvalue weighted by Crippen LogP contribution is 2.34. The smallest absolute Gasteiger partial charge is 0.0449 e. The summed E-state index contributed by atoms with van der Waals surface area (Å²) in [4.78, 5) is 5.41. The zero-order valence-corrected chi connectivity index (χ0v) is 12.8. The van der Waals surface area contributed by atoms with Gasteiger partial charge in [0.05, 0.1) is 0 Å². The predicted molar refractivity (Wildman–Crippen MR) is 90.0 cm³/mol. The molecule has 0 amide bonds. The SMILES string of the molecule is CCC1CN2CCCC2CN1c1cccc2ccccc12. The molecule has 0 radical (unpaired) electrons. The van der Waals surface area contributed by atoms with Crippen LogP contribution in [0.4, 0.5) is 5.69 Å². The Balaban J connectivity index is 1.75. The summed E-state index contributed by atoms with van der Waals surface area (Å²) >= 11 is 0. The van der Waals surface area contributed by atoms with E-state index in [1.165, 1.54) is 55.4 Å². The molecule has 2 aromatic carbocycles. The average molecular weight is 280 g/mol. The molecule has 2 atom stereocenters. The summed E-state index contributed by atoms with van der Waals surface area (Å²) in [5.41, 5.74) is 1.44. The van der Waals surface area contributed by atoms with Gasteiger partial charge in [0.2, 0.25) is 0 Å². The van der Waals surface area contributed by atoms with E-state index in [4.69, 9.17) is 0 Å². The van der Waals surface area contributed by atoms with E-state index in [1.54, 1.807) is 0 Å². The molecule has 2 aromatic rings. The van der Waals surface area contributed by atoms with Crippen LogP contribution in [-0.2, 0) is 0 Å². The normalized spacial score (nSPS) is 26.2. The van der Waals surface area contributed by atoms with Gasteiger partial charge in [0.15, 0.2) is 0 Å². The highest BCUT2D eigenvalue weighted by molar-refractivity contribution is 5.94. The maximum Gasteiger partial charge on any atom is 0.0449 e. The van der Waals surface area contributed by atoms with E-state index in [0.29, 0.717) is 6.04 Å². The maximum absolute atomic E-state index is 2.72. The summed E-state index contributed by atoms with van der Waals surface area (Å²) in [5, 5.41) is 2.77. The molecule has 110 valence electrons. The first-order chi connectivity index (χ1) is 10.4. The molecule has 2 aliphatic heterocycles. The highest BCUT2D eigenvalue weighted by atomic mass is 15.3. The minimum Gasteiger partial charge on any atom is -0.365 e. The van der Waals surface area contributed by atoms with E-state index in [1.807, 2.05) is 0 Å². The van der Waals surface area contributed by atoms with Gasteiger partial charge in [-0.3, -0.25) is 4.90 Å². The maximum atomic E-state index is 2.72. The van der Waals surface area contributed by atoms with Gasteiger partial charge in [-0.05, 0) is 37.3 Å². The van der Waals surface area contributed by atoms with Gasteiger partial charge in [0, 0.05) is 36.2 Å². The van der Waals surface area contributed by atoms with Crippen molar-refractivity contribution in [1.82, 2.24) is 4.90 Å². The van der Waals surface area contributed by atoms with Crippen molar-refractivity contribution < 1.29 is 0 Å². The number of piperazine rings is 1. The van der Waals surface area contributed by atoms with Crippen molar-refractivity contribution in [3.8, 4) is 0 Å². The second-order valence-electron chi connectivity index (χ2n) is 6.50. The van der Waals surface area contributed by atoms with Gasteiger partial charge >= 0.3 is 0 Å². The number of hydrogen-bond donors (Lipinski definition) is 0. The lowest BCUT2D eigenvalue weighted by Gasteiger charge is -2.45. The lowest BCUT2D eigenvalue weighted by atomic mass is 10.0. The van der Waals surface area contributed by atoms with Crippen LogP contribution in [0.15, 0.2) is 42.5 Å². The Labute approximate surface area is 127 Å². The largest absolute Gasteiger partial charge is 0.365 e. The molecule has 2 heterocycles. The van der Waals surface area contributed by atoms with E-state index in [9.17, 15) is 0 Å². The van der Waals surface area contributed by atoms with Crippen molar-refractivity contribution in [1.29, 1.82) is 0 Å². The lowest BCUT2D eigenvalue weighted by Crippen LogP contribution is -2.56. The zero-order valence-electron chi connectivity index (χ0n) is 12.8. The van der Waals surface area contributed by atoms with Crippen LogP contribution in [0.3, 0.4) is 0 Å². The first-order valence-electron chi connectivity index (χ1n) is 8.35. The fourth-order valence-corrected chi connectivity index (χ4v) is 4.19. The van der Waals surface area contributed by atoms with Crippen molar-refractivity contribution in [2.45, 2.75) is 38.3 Å². The average Bonchev–Trinajstić information content (AvgIpc) is 3.00. The zero-order chi connectivity index (χ0) is 14.2. The second kappa shape index (κ2) is 5.34. The molecule has 0 saturated carbocycles. The Morgan fingerprint density at radius 1 is 1.05 bits per heavy atom. The fourth-order valence-electron chi connectivity index (χ4n) is 4.19. The van der Waals surface area contributed by atoms with Crippen LogP contribution < -0.4 is 4.90 Å². The summed E-state index contributed by atoms with van der Waals surface area (Å²) in [6.45, 7) is 6.08. The fraction of sp³-hybridized carbons (Fsp3) is 0.474. The van der Waals surface area contributed by atoms with Crippen LogP contribution in [0.1, 0.15) is 26.2 Å². The molecular weight excluding hydrogens is 256 g/mol. The number of benzene rings is 2. The molecule has 2 nitrogen and oxygen atoms in total. The van der Waals surface area contributed by atoms with E-state index < -0.39 is 0 Å². The molecule has 4 rings (SSSR count). The number of fused-ring (bicyclic) bond motifs is 2. The van der Waals surface area contributed by atoms with Gasteiger partial charge in [-0.2, -0.15) is 0 Å². The predicted octanol–water partition coefficient (Wildman–Crippen LogP) is 3.90. The van der Waals surface area contributed by atoms with Gasteiger partial charge in [-0.1, -0.05) is 43.3 Å². The molecule has 2 heteroatoms. The first-order valence-corrected chi connectivity index (χ1v) is 8.35. The summed E-state index contributed by atoms with van der Waals surface area (Å²) in [7, 11) is 0. The minimum absolute atomic E-state index is 0.658. The number of nitrogens with zero attached hydrogens (tertiary/aromatic N) is 2. The molecule has 21 heavy (non-hydrogen) atoms. The molecule has 2 aliphatic rings. The molecule has 0 aliphatic carbocycles. The van der Waals surface area contributed by atoms with Crippen LogP contribution in [-0.4, -0.2) is 36.6 Å². The van der Waals surface area contributed by atoms with Crippen LogP contribution in [0.25, 0.3) is 10.8 Å². The van der Waals surface area contributed by atoms with Crippen LogP contribution in [0.2, 0.25) is 0 Å². The van der Waals surface area contributed by atoms with E-state index in [-0.39, 0.29) is 0 Å². The Kier molecular flexibility index (Phi) is 3.34. The highest BCUT2D eigenvalue weighted by Gasteiger charge is 2.35. The third-order valence-electron chi connectivity index (χ3n) is 5.34. The van der Waals surface area contributed by atoms with Gasteiger partial charge in [0.1, 0.15) is 0 Å². The summed E-state index contributed by atoms with van der Waals surface area (Å²) in [6.07, 6.45) is 3.98. The van der Waals surface area contributed by atoms with Gasteiger partial charge in [0.25, 0.3) is 0 Å². The monoisotopic (exact) mass is 280 g/mol. The quantitative estimate of drug-likeness (QED) is 0.823. The van der Waals surface area contributed by atoms with E-state index in [0.717, 1.165) is 6.04 Å². The Morgan fingerprint density at radius 2 is 1.90 bits per heavy atom. The van der Waals surface area contributed by atoms with Gasteiger partial charge < -0.3 is 4.90 Å². The first kappa shape index (κ1) is 13.1. The molecule has 0 aromatic heterocycles. The topological polar surface area (TPSA) is 6.48 Å². The van der Waals surface area contributed by atoms with Crippen molar-refractivity contribution in [3.05, 3.63) is 42.5 Å². The molecule has 0 N–H and O–H groups in total. The van der Waals surface area contributed by atoms with Crippen LogP contribution in [0.5, 0.6) is 0 Å². The van der Waals surface area contributed by atoms with E-state index in [2.05, 4.69) is 59.2 Å². The summed E-state index contributed by atoms with van der Waals surface area (Å²) in [6, 6.07) is 17.0. The summed E-state index contributed by atoms with van der Waals surface area (Å²) in [5.74, 6) is 0. The van der Waals surface area contributed by atoms with Gasteiger partial charge in [-0.25, -0.2) is 0 Å². The Hall–Kier alpha value is -1.54. The van der Waals surface area contributed by atoms with Crippen LogP contribution in [0, 0.1) is 0 Å². The Morgan fingerprint density at radius 3 is 2.81 bits per heavy atom. The molecule has 2 saturated heterocycles. The molecule has 0 bridgehead atoms. The van der Waals surface area contributed by atoms with Crippen LogP contribution >= 0.6 is 0 Å². The van der Waals surface area contributed by atoms with Crippen molar-refractivity contribution in [2.24, 2.45) is 0 Å². The number of rotatable bonds is 2.